The topological polar surface area (TPSA) is 90.2 Å². The molecule has 0 amide bonds. The summed E-state index contributed by atoms with van der Waals surface area (Å²) < 4.78 is 20.2. The highest BCUT2D eigenvalue weighted by Gasteiger charge is 2.27. The molecule has 4 heterocycles. The lowest BCUT2D eigenvalue weighted by molar-refractivity contribution is 0.0660. The number of hydrogen-bond donors (Lipinski definition) is 1. The molecule has 0 radical (unpaired) electrons. The molecule has 0 aromatic carbocycles. The summed E-state index contributed by atoms with van der Waals surface area (Å²) in [5.41, 5.74) is 2.15. The maximum absolute atomic E-state index is 14.4. The van der Waals surface area contributed by atoms with Crippen LogP contribution in [0.4, 0.5) is 16.2 Å². The first-order valence-corrected chi connectivity index (χ1v) is 10.9. The molecule has 0 spiro atoms. The predicted molar refractivity (Wildman–Crippen MR) is 124 cm³/mol. The smallest absolute Gasteiger partial charge is 0.229 e. The standard InChI is InChI=1S/C24H26FN7O/c1-16(2)32-15-21(33-17(32)3)23-20(25)14-28-24(30-23)29-22-6-5-19(13-27-22)18-7-11-31(12-8-18)10-4-9-26/h5-8,11,13-17H,4,10,12H2,1-3H3,(H,27,28,29,30). The molecule has 2 aliphatic heterocycles. The van der Waals surface area contributed by atoms with E-state index >= 15 is 0 Å². The van der Waals surface area contributed by atoms with Crippen LogP contribution < -0.4 is 5.32 Å². The van der Waals surface area contributed by atoms with Crippen molar-refractivity contribution in [2.24, 2.45) is 0 Å². The fourth-order valence-electron chi connectivity index (χ4n) is 3.66. The van der Waals surface area contributed by atoms with Gasteiger partial charge in [0.1, 0.15) is 11.5 Å². The van der Waals surface area contributed by atoms with Gasteiger partial charge in [0.05, 0.1) is 18.7 Å². The highest BCUT2D eigenvalue weighted by molar-refractivity contribution is 5.75. The van der Waals surface area contributed by atoms with E-state index in [2.05, 4.69) is 37.3 Å². The van der Waals surface area contributed by atoms with Crippen molar-refractivity contribution in [3.63, 3.8) is 0 Å². The Hall–Kier alpha value is -3.93. The van der Waals surface area contributed by atoms with E-state index in [1.165, 1.54) is 0 Å². The Morgan fingerprint density at radius 1 is 1.30 bits per heavy atom. The number of aromatic nitrogens is 3. The van der Waals surface area contributed by atoms with Gasteiger partial charge in [-0.3, -0.25) is 0 Å². The quantitative estimate of drug-likeness (QED) is 0.673. The average molecular weight is 448 g/mol. The van der Waals surface area contributed by atoms with Crippen LogP contribution >= 0.6 is 0 Å². The number of anilines is 2. The van der Waals surface area contributed by atoms with Crippen LogP contribution in [0.1, 0.15) is 38.4 Å². The van der Waals surface area contributed by atoms with Crippen molar-refractivity contribution in [3.05, 3.63) is 66.2 Å². The lowest BCUT2D eigenvalue weighted by Gasteiger charge is -2.24. The molecular weight excluding hydrogens is 421 g/mol. The lowest BCUT2D eigenvalue weighted by atomic mass is 10.1. The van der Waals surface area contributed by atoms with E-state index in [-0.39, 0.29) is 23.9 Å². The highest BCUT2D eigenvalue weighted by Crippen LogP contribution is 2.29. The normalized spacial score (nSPS) is 17.5. The third-order valence-corrected chi connectivity index (χ3v) is 5.42. The van der Waals surface area contributed by atoms with Gasteiger partial charge in [-0.25, -0.2) is 19.3 Å². The summed E-state index contributed by atoms with van der Waals surface area (Å²) in [6.45, 7) is 7.47. The van der Waals surface area contributed by atoms with Crippen molar-refractivity contribution < 1.29 is 9.13 Å². The first-order valence-electron chi connectivity index (χ1n) is 10.9. The van der Waals surface area contributed by atoms with Crippen LogP contribution in [0.2, 0.25) is 0 Å². The van der Waals surface area contributed by atoms with Crippen LogP contribution in [0, 0.1) is 17.1 Å². The summed E-state index contributed by atoms with van der Waals surface area (Å²) in [5.74, 6) is 0.609. The van der Waals surface area contributed by atoms with E-state index in [9.17, 15) is 4.39 Å². The second-order valence-electron chi connectivity index (χ2n) is 8.08. The van der Waals surface area contributed by atoms with Crippen LogP contribution in [-0.2, 0) is 4.74 Å². The minimum absolute atomic E-state index is 0.109. The van der Waals surface area contributed by atoms with Gasteiger partial charge in [-0.2, -0.15) is 5.26 Å². The number of rotatable bonds is 7. The number of nitrogens with one attached hydrogen (secondary N) is 1. The number of hydrogen-bond acceptors (Lipinski definition) is 8. The molecule has 2 aliphatic rings. The molecule has 0 bridgehead atoms. The molecule has 33 heavy (non-hydrogen) atoms. The van der Waals surface area contributed by atoms with Crippen LogP contribution in [0.3, 0.4) is 0 Å². The summed E-state index contributed by atoms with van der Waals surface area (Å²) >= 11 is 0. The Labute approximate surface area is 192 Å². The Bertz CT molecular complexity index is 1130. The number of pyridine rings is 1. The second kappa shape index (κ2) is 9.69. The molecule has 4 rings (SSSR count). The zero-order valence-electron chi connectivity index (χ0n) is 18.9. The molecule has 0 fully saturated rings. The largest absolute Gasteiger partial charge is 0.467 e. The van der Waals surface area contributed by atoms with Gasteiger partial charge in [0, 0.05) is 31.5 Å². The van der Waals surface area contributed by atoms with Crippen LogP contribution in [0.15, 0.2) is 49.1 Å². The number of allylic oxidation sites excluding steroid dienone is 2. The predicted octanol–water partition coefficient (Wildman–Crippen LogP) is 4.27. The van der Waals surface area contributed by atoms with Gasteiger partial charge in [0.2, 0.25) is 5.95 Å². The van der Waals surface area contributed by atoms with Crippen LogP contribution in [0.25, 0.3) is 11.3 Å². The fraction of sp³-hybridized carbons (Fsp3) is 0.333. The Morgan fingerprint density at radius 3 is 2.79 bits per heavy atom. The molecular formula is C24H26FN7O. The number of halogens is 1. The molecule has 170 valence electrons. The first-order chi connectivity index (χ1) is 15.9. The van der Waals surface area contributed by atoms with Gasteiger partial charge in [-0.1, -0.05) is 6.08 Å². The lowest BCUT2D eigenvalue weighted by Crippen LogP contribution is -2.31. The first kappa shape index (κ1) is 22.3. The fourth-order valence-corrected chi connectivity index (χ4v) is 3.66. The van der Waals surface area contributed by atoms with Crippen molar-refractivity contribution in [3.8, 4) is 6.07 Å². The Balaban J connectivity index is 1.45. The van der Waals surface area contributed by atoms with Gasteiger partial charge in [0.15, 0.2) is 17.8 Å². The second-order valence-corrected chi connectivity index (χ2v) is 8.08. The molecule has 0 saturated heterocycles. The summed E-state index contributed by atoms with van der Waals surface area (Å²) in [5, 5.41) is 11.7. The maximum Gasteiger partial charge on any atom is 0.229 e. The van der Waals surface area contributed by atoms with Gasteiger partial charge in [0.25, 0.3) is 0 Å². The summed E-state index contributed by atoms with van der Waals surface area (Å²) in [6.07, 6.45) is 11.1. The number of nitrogens with zero attached hydrogens (tertiary/aromatic N) is 6. The Kier molecular flexibility index (Phi) is 6.54. The molecule has 1 N–H and O–H groups in total. The van der Waals surface area contributed by atoms with E-state index in [0.717, 1.165) is 23.9 Å². The van der Waals surface area contributed by atoms with E-state index in [1.807, 2.05) is 50.1 Å². The minimum atomic E-state index is -0.548. The van der Waals surface area contributed by atoms with E-state index in [4.69, 9.17) is 10.00 Å². The third-order valence-electron chi connectivity index (χ3n) is 5.42. The van der Waals surface area contributed by atoms with E-state index in [1.54, 1.807) is 12.4 Å². The van der Waals surface area contributed by atoms with E-state index in [0.29, 0.717) is 24.5 Å². The van der Waals surface area contributed by atoms with Crippen molar-refractivity contribution in [2.75, 3.05) is 18.4 Å². The molecule has 9 heteroatoms. The van der Waals surface area contributed by atoms with Crippen molar-refractivity contribution in [1.82, 2.24) is 24.8 Å². The Morgan fingerprint density at radius 2 is 2.15 bits per heavy atom. The van der Waals surface area contributed by atoms with E-state index < -0.39 is 5.82 Å². The molecule has 0 aliphatic carbocycles. The number of ether oxygens (including phenoxy) is 1. The summed E-state index contributed by atoms with van der Waals surface area (Å²) in [7, 11) is 0. The molecule has 1 atom stereocenters. The molecule has 2 aromatic rings. The number of nitriles is 1. The summed E-state index contributed by atoms with van der Waals surface area (Å²) in [4.78, 5) is 16.9. The average Bonchev–Trinajstić information content (AvgIpc) is 3.21. The zero-order valence-corrected chi connectivity index (χ0v) is 18.9. The maximum atomic E-state index is 14.4. The monoisotopic (exact) mass is 447 g/mol. The van der Waals surface area contributed by atoms with Gasteiger partial charge in [-0.05, 0) is 56.3 Å². The molecule has 8 nitrogen and oxygen atoms in total. The minimum Gasteiger partial charge on any atom is -0.467 e. The molecule has 1 unspecified atom stereocenters. The molecule has 0 saturated carbocycles. The van der Waals surface area contributed by atoms with Crippen LogP contribution in [0.5, 0.6) is 0 Å². The van der Waals surface area contributed by atoms with Crippen LogP contribution in [-0.4, -0.2) is 50.1 Å². The SMILES string of the molecule is CC(C)N1C=C(c2nc(Nc3ccc(C4=CCN(CCC#N)C=C4)cn3)ncc2F)OC1C. The van der Waals surface area contributed by atoms with Crippen molar-refractivity contribution in [2.45, 2.75) is 39.5 Å². The third kappa shape index (κ3) is 5.12. The van der Waals surface area contributed by atoms with Gasteiger partial charge in [-0.15, -0.1) is 0 Å². The summed E-state index contributed by atoms with van der Waals surface area (Å²) in [6, 6.07) is 6.15. The van der Waals surface area contributed by atoms with Gasteiger partial charge >= 0.3 is 0 Å². The highest BCUT2D eigenvalue weighted by atomic mass is 19.1. The van der Waals surface area contributed by atoms with Gasteiger partial charge < -0.3 is 19.9 Å². The van der Waals surface area contributed by atoms with Crippen molar-refractivity contribution in [1.29, 1.82) is 5.26 Å². The molecule has 2 aromatic heterocycles. The zero-order chi connectivity index (χ0) is 23.4. The van der Waals surface area contributed by atoms with Crippen molar-refractivity contribution >= 4 is 23.1 Å².